The molecule has 1 atom stereocenters. The largest absolute Gasteiger partial charge is 0.326 e. The van der Waals surface area contributed by atoms with E-state index in [1.165, 1.54) is 10.4 Å². The zero-order valence-corrected chi connectivity index (χ0v) is 14.0. The number of anilines is 1. The normalized spacial score (nSPS) is 15.5. The number of hydrogen-bond acceptors (Lipinski definition) is 3. The molecule has 2 aromatic rings. The Kier molecular flexibility index (Phi) is 4.81. The van der Waals surface area contributed by atoms with Crippen molar-refractivity contribution in [1.29, 1.82) is 0 Å². The molecule has 0 unspecified atom stereocenters. The number of nitrogens with one attached hydrogen (secondary N) is 2. The van der Waals surface area contributed by atoms with Gasteiger partial charge in [0.2, 0.25) is 5.91 Å². The topological polar surface area (TPSA) is 41.1 Å². The molecule has 22 heavy (non-hydrogen) atoms. The molecule has 1 heterocycles. The fraction of sp³-hybridized carbons (Fsp3) is 0.353. The van der Waals surface area contributed by atoms with E-state index in [1.54, 1.807) is 11.3 Å². The van der Waals surface area contributed by atoms with Gasteiger partial charge in [-0.25, -0.2) is 0 Å². The van der Waals surface area contributed by atoms with Crippen LogP contribution in [0.25, 0.3) is 0 Å². The molecule has 1 amide bonds. The molecule has 0 radical (unpaired) electrons. The third kappa shape index (κ3) is 4.09. The molecule has 0 spiro atoms. The molecule has 1 aliphatic rings. The highest BCUT2D eigenvalue weighted by Gasteiger charge is 2.29. The summed E-state index contributed by atoms with van der Waals surface area (Å²) < 4.78 is 0.820. The van der Waals surface area contributed by atoms with E-state index in [0.717, 1.165) is 29.4 Å². The zero-order valence-electron chi connectivity index (χ0n) is 12.4. The first kappa shape index (κ1) is 15.5. The summed E-state index contributed by atoms with van der Waals surface area (Å²) in [6, 6.07) is 12.3. The molecule has 5 heteroatoms. The van der Waals surface area contributed by atoms with Crippen LogP contribution in [-0.4, -0.2) is 5.91 Å². The fourth-order valence-electron chi connectivity index (χ4n) is 2.26. The van der Waals surface area contributed by atoms with Crippen molar-refractivity contribution in [2.24, 2.45) is 5.92 Å². The van der Waals surface area contributed by atoms with Crippen molar-refractivity contribution in [3.63, 3.8) is 0 Å². The van der Waals surface area contributed by atoms with Gasteiger partial charge in [0.1, 0.15) is 0 Å². The van der Waals surface area contributed by atoms with Gasteiger partial charge >= 0.3 is 0 Å². The second-order valence-electron chi connectivity index (χ2n) is 5.69. The monoisotopic (exact) mass is 334 g/mol. The predicted molar refractivity (Wildman–Crippen MR) is 92.4 cm³/mol. The first-order chi connectivity index (χ1) is 10.6. The van der Waals surface area contributed by atoms with Crippen molar-refractivity contribution in [3.8, 4) is 0 Å². The van der Waals surface area contributed by atoms with Gasteiger partial charge in [-0.2, -0.15) is 0 Å². The van der Waals surface area contributed by atoms with Crippen molar-refractivity contribution in [1.82, 2.24) is 5.32 Å². The lowest BCUT2D eigenvalue weighted by Gasteiger charge is -2.14. The standard InChI is InChI=1S/C17H19ClN2OS/c1-11(19-10-15-8-9-16(18)22-15)12-4-6-14(7-5-12)20-17(21)13-2-3-13/h4-9,11,13,19H,2-3,10H2,1H3,(H,20,21)/t11-/m0/s1. The fourth-order valence-corrected chi connectivity index (χ4v) is 3.30. The van der Waals surface area contributed by atoms with E-state index in [9.17, 15) is 4.79 Å². The summed E-state index contributed by atoms with van der Waals surface area (Å²) >= 11 is 7.53. The Morgan fingerprint density at radius 1 is 1.27 bits per heavy atom. The Morgan fingerprint density at radius 3 is 2.59 bits per heavy atom. The summed E-state index contributed by atoms with van der Waals surface area (Å²) in [5, 5.41) is 6.44. The first-order valence-electron chi connectivity index (χ1n) is 7.50. The van der Waals surface area contributed by atoms with Crippen LogP contribution < -0.4 is 10.6 Å². The number of carbonyl (C=O) groups is 1. The van der Waals surface area contributed by atoms with E-state index in [0.29, 0.717) is 0 Å². The summed E-state index contributed by atoms with van der Waals surface area (Å²) in [5.41, 5.74) is 2.07. The smallest absolute Gasteiger partial charge is 0.227 e. The summed E-state index contributed by atoms with van der Waals surface area (Å²) in [6.45, 7) is 2.94. The Balaban J connectivity index is 1.53. The SMILES string of the molecule is C[C@H](NCc1ccc(Cl)s1)c1ccc(NC(=O)C2CC2)cc1. The third-order valence-electron chi connectivity index (χ3n) is 3.84. The van der Waals surface area contributed by atoms with Crippen LogP contribution >= 0.6 is 22.9 Å². The highest BCUT2D eigenvalue weighted by atomic mass is 35.5. The minimum Gasteiger partial charge on any atom is -0.326 e. The van der Waals surface area contributed by atoms with Crippen LogP contribution in [0.5, 0.6) is 0 Å². The number of halogens is 1. The lowest BCUT2D eigenvalue weighted by atomic mass is 10.1. The average Bonchev–Trinajstić information content (AvgIpc) is 3.29. The molecule has 1 aromatic carbocycles. The molecular weight excluding hydrogens is 316 g/mol. The zero-order chi connectivity index (χ0) is 15.5. The van der Waals surface area contributed by atoms with Gasteiger partial charge in [-0.1, -0.05) is 23.7 Å². The Hall–Kier alpha value is -1.36. The van der Waals surface area contributed by atoms with Gasteiger partial charge in [-0.05, 0) is 49.6 Å². The summed E-state index contributed by atoms with van der Waals surface area (Å²) in [6.07, 6.45) is 2.05. The average molecular weight is 335 g/mol. The quantitative estimate of drug-likeness (QED) is 0.810. The summed E-state index contributed by atoms with van der Waals surface area (Å²) in [7, 11) is 0. The molecule has 2 N–H and O–H groups in total. The van der Waals surface area contributed by atoms with E-state index in [4.69, 9.17) is 11.6 Å². The van der Waals surface area contributed by atoms with Crippen LogP contribution in [0.3, 0.4) is 0 Å². The van der Waals surface area contributed by atoms with Crippen LogP contribution in [0, 0.1) is 5.92 Å². The van der Waals surface area contributed by atoms with E-state index in [1.807, 2.05) is 24.3 Å². The number of amides is 1. The molecule has 1 fully saturated rings. The predicted octanol–water partition coefficient (Wildman–Crippen LogP) is 4.60. The molecule has 1 aromatic heterocycles. The van der Waals surface area contributed by atoms with E-state index >= 15 is 0 Å². The Labute approximate surface area is 139 Å². The minimum absolute atomic E-state index is 0.147. The molecule has 116 valence electrons. The van der Waals surface area contributed by atoms with Crippen LogP contribution in [0.15, 0.2) is 36.4 Å². The van der Waals surface area contributed by atoms with Gasteiger partial charge in [0.15, 0.2) is 0 Å². The van der Waals surface area contributed by atoms with Crippen molar-refractivity contribution in [2.75, 3.05) is 5.32 Å². The lowest BCUT2D eigenvalue weighted by Crippen LogP contribution is -2.17. The highest BCUT2D eigenvalue weighted by molar-refractivity contribution is 7.16. The van der Waals surface area contributed by atoms with Gasteiger partial charge in [0.25, 0.3) is 0 Å². The van der Waals surface area contributed by atoms with Gasteiger partial charge in [0.05, 0.1) is 4.34 Å². The van der Waals surface area contributed by atoms with Crippen LogP contribution in [0.4, 0.5) is 5.69 Å². The third-order valence-corrected chi connectivity index (χ3v) is 5.07. The van der Waals surface area contributed by atoms with Crippen LogP contribution in [0.1, 0.15) is 36.2 Å². The Morgan fingerprint density at radius 2 is 2.00 bits per heavy atom. The van der Waals surface area contributed by atoms with Crippen molar-refractivity contribution in [2.45, 2.75) is 32.4 Å². The summed E-state index contributed by atoms with van der Waals surface area (Å²) in [4.78, 5) is 12.9. The maximum absolute atomic E-state index is 11.7. The second kappa shape index (κ2) is 6.82. The molecule has 3 rings (SSSR count). The minimum atomic E-state index is 0.147. The molecule has 0 saturated heterocycles. The Bertz CT molecular complexity index is 649. The van der Waals surface area contributed by atoms with Crippen molar-refractivity contribution < 1.29 is 4.79 Å². The molecule has 0 aliphatic heterocycles. The van der Waals surface area contributed by atoms with Gasteiger partial charge < -0.3 is 10.6 Å². The van der Waals surface area contributed by atoms with Crippen molar-refractivity contribution in [3.05, 3.63) is 51.2 Å². The van der Waals surface area contributed by atoms with Crippen LogP contribution in [-0.2, 0) is 11.3 Å². The van der Waals surface area contributed by atoms with Crippen LogP contribution in [0.2, 0.25) is 4.34 Å². The van der Waals surface area contributed by atoms with Crippen molar-refractivity contribution >= 4 is 34.5 Å². The molecule has 1 aliphatic carbocycles. The number of benzene rings is 1. The molecular formula is C17H19ClN2OS. The maximum atomic E-state index is 11.7. The van der Waals surface area contributed by atoms with E-state index < -0.39 is 0 Å². The summed E-state index contributed by atoms with van der Waals surface area (Å²) in [5.74, 6) is 0.381. The first-order valence-corrected chi connectivity index (χ1v) is 8.69. The second-order valence-corrected chi connectivity index (χ2v) is 7.49. The number of carbonyl (C=O) groups excluding carboxylic acids is 1. The molecule has 3 nitrogen and oxygen atoms in total. The molecule has 1 saturated carbocycles. The lowest BCUT2D eigenvalue weighted by molar-refractivity contribution is -0.117. The maximum Gasteiger partial charge on any atom is 0.227 e. The number of thiophene rings is 1. The van der Waals surface area contributed by atoms with Gasteiger partial charge in [0, 0.05) is 29.1 Å². The van der Waals surface area contributed by atoms with Gasteiger partial charge in [-0.15, -0.1) is 11.3 Å². The van der Waals surface area contributed by atoms with E-state index in [-0.39, 0.29) is 17.9 Å². The van der Waals surface area contributed by atoms with Gasteiger partial charge in [-0.3, -0.25) is 4.79 Å². The molecule has 0 bridgehead atoms. The number of rotatable bonds is 6. The van der Waals surface area contributed by atoms with E-state index in [2.05, 4.69) is 29.7 Å². The highest BCUT2D eigenvalue weighted by Crippen LogP contribution is 2.30. The number of hydrogen-bond donors (Lipinski definition) is 2.